The lowest BCUT2D eigenvalue weighted by Gasteiger charge is -2.06. The molecule has 2 rings (SSSR count). The zero-order valence-corrected chi connectivity index (χ0v) is 8.61. The van der Waals surface area contributed by atoms with Crippen molar-refractivity contribution >= 4 is 11.5 Å². The monoisotopic (exact) mass is 231 g/mol. The van der Waals surface area contributed by atoms with Gasteiger partial charge in [0.15, 0.2) is 0 Å². The summed E-state index contributed by atoms with van der Waals surface area (Å²) in [5.74, 6) is -0.770. The summed E-state index contributed by atoms with van der Waals surface area (Å²) in [4.78, 5) is 3.89. The SMILES string of the molecule is N#Cc1ccc(Nc2cc(F)ccc2F)nc1. The molecule has 0 aliphatic carbocycles. The summed E-state index contributed by atoms with van der Waals surface area (Å²) in [6.45, 7) is 0. The van der Waals surface area contributed by atoms with E-state index in [1.807, 2.05) is 6.07 Å². The lowest BCUT2D eigenvalue weighted by molar-refractivity contribution is 0.603. The quantitative estimate of drug-likeness (QED) is 0.864. The largest absolute Gasteiger partial charge is 0.338 e. The molecule has 1 aromatic heterocycles. The van der Waals surface area contributed by atoms with Crippen LogP contribution < -0.4 is 5.32 Å². The van der Waals surface area contributed by atoms with Crippen molar-refractivity contribution in [3.05, 3.63) is 53.7 Å². The standard InChI is InChI=1S/C12H7F2N3/c13-9-2-3-10(14)11(5-9)17-12-4-1-8(6-15)7-16-12/h1-5,7H,(H,16,17). The van der Waals surface area contributed by atoms with Crippen molar-refractivity contribution in [2.45, 2.75) is 0 Å². The van der Waals surface area contributed by atoms with Gasteiger partial charge in [0.1, 0.15) is 23.5 Å². The molecule has 3 nitrogen and oxygen atoms in total. The maximum atomic E-state index is 13.3. The molecule has 0 amide bonds. The predicted molar refractivity (Wildman–Crippen MR) is 58.6 cm³/mol. The Morgan fingerprint density at radius 2 is 2.00 bits per heavy atom. The summed E-state index contributed by atoms with van der Waals surface area (Å²) < 4.78 is 26.2. The first kappa shape index (κ1) is 11.0. The van der Waals surface area contributed by atoms with Gasteiger partial charge in [-0.25, -0.2) is 13.8 Å². The number of rotatable bonds is 2. The molecular formula is C12H7F2N3. The minimum atomic E-state index is -0.572. The molecule has 17 heavy (non-hydrogen) atoms. The van der Waals surface area contributed by atoms with Crippen LogP contribution in [0.15, 0.2) is 36.5 Å². The fourth-order valence-electron chi connectivity index (χ4n) is 1.27. The molecule has 0 radical (unpaired) electrons. The second-order valence-electron chi connectivity index (χ2n) is 3.29. The van der Waals surface area contributed by atoms with Gasteiger partial charge in [-0.15, -0.1) is 0 Å². The van der Waals surface area contributed by atoms with Crippen LogP contribution in [0.2, 0.25) is 0 Å². The molecule has 0 aliphatic rings. The molecule has 0 fully saturated rings. The van der Waals surface area contributed by atoms with Crippen LogP contribution in [0.5, 0.6) is 0 Å². The van der Waals surface area contributed by atoms with E-state index in [2.05, 4.69) is 10.3 Å². The summed E-state index contributed by atoms with van der Waals surface area (Å²) in [7, 11) is 0. The second kappa shape index (κ2) is 4.58. The minimum absolute atomic E-state index is 0.00204. The Labute approximate surface area is 96.3 Å². The van der Waals surface area contributed by atoms with E-state index in [9.17, 15) is 8.78 Å². The van der Waals surface area contributed by atoms with Gasteiger partial charge in [-0.3, -0.25) is 0 Å². The second-order valence-corrected chi connectivity index (χ2v) is 3.29. The lowest BCUT2D eigenvalue weighted by atomic mass is 10.3. The smallest absolute Gasteiger partial charge is 0.146 e. The van der Waals surface area contributed by atoms with Crippen molar-refractivity contribution in [1.82, 2.24) is 4.98 Å². The van der Waals surface area contributed by atoms with Crippen LogP contribution in [-0.2, 0) is 0 Å². The molecular weight excluding hydrogens is 224 g/mol. The fraction of sp³-hybridized carbons (Fsp3) is 0. The zero-order valence-electron chi connectivity index (χ0n) is 8.61. The summed E-state index contributed by atoms with van der Waals surface area (Å²) >= 11 is 0. The average molecular weight is 231 g/mol. The van der Waals surface area contributed by atoms with Crippen LogP contribution in [0.25, 0.3) is 0 Å². The molecule has 0 saturated heterocycles. The number of hydrogen-bond donors (Lipinski definition) is 1. The number of benzene rings is 1. The van der Waals surface area contributed by atoms with Crippen molar-refractivity contribution in [3.8, 4) is 6.07 Å². The molecule has 0 atom stereocenters. The van der Waals surface area contributed by atoms with E-state index in [1.165, 1.54) is 18.3 Å². The van der Waals surface area contributed by atoms with Gasteiger partial charge in [0.2, 0.25) is 0 Å². The molecule has 5 heteroatoms. The first-order valence-electron chi connectivity index (χ1n) is 4.77. The van der Waals surface area contributed by atoms with Crippen molar-refractivity contribution in [2.75, 3.05) is 5.32 Å². The van der Waals surface area contributed by atoms with E-state index in [0.717, 1.165) is 18.2 Å². The summed E-state index contributed by atoms with van der Waals surface area (Å²) in [5, 5.41) is 11.2. The third kappa shape index (κ3) is 2.55. The van der Waals surface area contributed by atoms with Crippen LogP contribution in [-0.4, -0.2) is 4.98 Å². The van der Waals surface area contributed by atoms with Gasteiger partial charge in [-0.1, -0.05) is 0 Å². The van der Waals surface area contributed by atoms with Crippen LogP contribution in [0.3, 0.4) is 0 Å². The van der Waals surface area contributed by atoms with Gasteiger partial charge in [0, 0.05) is 12.3 Å². The highest BCUT2D eigenvalue weighted by Crippen LogP contribution is 2.19. The van der Waals surface area contributed by atoms with Gasteiger partial charge in [-0.2, -0.15) is 5.26 Å². The van der Waals surface area contributed by atoms with E-state index in [4.69, 9.17) is 5.26 Å². The van der Waals surface area contributed by atoms with Gasteiger partial charge in [-0.05, 0) is 24.3 Å². The first-order valence-corrected chi connectivity index (χ1v) is 4.77. The maximum absolute atomic E-state index is 13.3. The number of hydrogen-bond acceptors (Lipinski definition) is 3. The Bertz CT molecular complexity index is 573. The Kier molecular flexibility index (Phi) is 2.97. The molecule has 0 unspecified atom stereocenters. The number of halogens is 2. The van der Waals surface area contributed by atoms with Crippen LogP contribution in [0.4, 0.5) is 20.3 Å². The van der Waals surface area contributed by atoms with Gasteiger partial charge >= 0.3 is 0 Å². The number of aromatic nitrogens is 1. The summed E-state index contributed by atoms with van der Waals surface area (Å²) in [6, 6.07) is 8.07. The summed E-state index contributed by atoms with van der Waals surface area (Å²) in [6.07, 6.45) is 1.35. The summed E-state index contributed by atoms with van der Waals surface area (Å²) in [5.41, 5.74) is 0.400. The van der Waals surface area contributed by atoms with Crippen molar-refractivity contribution in [3.63, 3.8) is 0 Å². The van der Waals surface area contributed by atoms with E-state index in [0.29, 0.717) is 11.4 Å². The third-order valence-electron chi connectivity index (χ3n) is 2.08. The number of nitriles is 1. The molecule has 0 bridgehead atoms. The molecule has 1 aromatic carbocycles. The Hall–Kier alpha value is -2.48. The van der Waals surface area contributed by atoms with Gasteiger partial charge < -0.3 is 5.32 Å². The van der Waals surface area contributed by atoms with Crippen molar-refractivity contribution in [2.24, 2.45) is 0 Å². The Morgan fingerprint density at radius 1 is 1.18 bits per heavy atom. The third-order valence-corrected chi connectivity index (χ3v) is 2.08. The molecule has 0 spiro atoms. The fourth-order valence-corrected chi connectivity index (χ4v) is 1.27. The average Bonchev–Trinajstić information content (AvgIpc) is 2.35. The van der Waals surface area contributed by atoms with Crippen molar-refractivity contribution < 1.29 is 8.78 Å². The van der Waals surface area contributed by atoms with E-state index in [1.54, 1.807) is 0 Å². The van der Waals surface area contributed by atoms with Crippen LogP contribution >= 0.6 is 0 Å². The molecule has 1 N–H and O–H groups in total. The number of nitrogens with zero attached hydrogens (tertiary/aromatic N) is 2. The van der Waals surface area contributed by atoms with E-state index in [-0.39, 0.29) is 5.69 Å². The molecule has 0 saturated carbocycles. The Morgan fingerprint density at radius 3 is 2.65 bits per heavy atom. The van der Waals surface area contributed by atoms with E-state index >= 15 is 0 Å². The normalized spacial score (nSPS) is 9.71. The maximum Gasteiger partial charge on any atom is 0.146 e. The zero-order chi connectivity index (χ0) is 12.3. The highest BCUT2D eigenvalue weighted by Gasteiger charge is 2.04. The highest BCUT2D eigenvalue weighted by atomic mass is 19.1. The number of anilines is 2. The number of pyridine rings is 1. The first-order chi connectivity index (χ1) is 8.19. The minimum Gasteiger partial charge on any atom is -0.338 e. The Balaban J connectivity index is 2.25. The van der Waals surface area contributed by atoms with Gasteiger partial charge in [0.05, 0.1) is 11.3 Å². The molecule has 0 aliphatic heterocycles. The van der Waals surface area contributed by atoms with Crippen molar-refractivity contribution in [1.29, 1.82) is 5.26 Å². The molecule has 2 aromatic rings. The number of nitrogens with one attached hydrogen (secondary N) is 1. The van der Waals surface area contributed by atoms with Crippen LogP contribution in [0.1, 0.15) is 5.56 Å². The molecule has 84 valence electrons. The van der Waals surface area contributed by atoms with Gasteiger partial charge in [0.25, 0.3) is 0 Å². The van der Waals surface area contributed by atoms with E-state index < -0.39 is 11.6 Å². The van der Waals surface area contributed by atoms with Crippen LogP contribution in [0, 0.1) is 23.0 Å². The predicted octanol–water partition coefficient (Wildman–Crippen LogP) is 2.98. The molecule has 1 heterocycles. The topological polar surface area (TPSA) is 48.7 Å². The lowest BCUT2D eigenvalue weighted by Crippen LogP contribution is -1.96. The highest BCUT2D eigenvalue weighted by molar-refractivity contribution is 5.57.